The van der Waals surface area contributed by atoms with Gasteiger partial charge in [-0.25, -0.2) is 9.59 Å². The predicted molar refractivity (Wildman–Crippen MR) is 120 cm³/mol. The number of carbonyl (C=O) groups is 2. The number of ether oxygens (including phenoxy) is 3. The fraction of sp³-hybridized carbons (Fsp3) is 0.364. The zero-order valence-electron chi connectivity index (χ0n) is 17.6. The van der Waals surface area contributed by atoms with E-state index in [1.54, 1.807) is 24.3 Å². The smallest absolute Gasteiger partial charge is 0.337 e. The van der Waals surface area contributed by atoms with Gasteiger partial charge in [0.2, 0.25) is 0 Å². The number of hydrogen-bond acceptors (Lipinski definition) is 8. The van der Waals surface area contributed by atoms with Crippen LogP contribution in [0.2, 0.25) is 0 Å². The van der Waals surface area contributed by atoms with Crippen LogP contribution in [-0.4, -0.2) is 66.6 Å². The largest absolute Gasteiger partial charge is 0.508 e. The highest BCUT2D eigenvalue weighted by atomic mass is 79.9. The highest BCUT2D eigenvalue weighted by Crippen LogP contribution is 2.13. The number of phenolic OH excluding ortho intramolecular Hbond substituents is 1. The first-order chi connectivity index (χ1) is 14.9. The van der Waals surface area contributed by atoms with E-state index in [4.69, 9.17) is 20.1 Å². The van der Waals surface area contributed by atoms with Crippen molar-refractivity contribution < 1.29 is 39.1 Å². The van der Waals surface area contributed by atoms with Crippen molar-refractivity contribution in [3.8, 4) is 11.5 Å². The fourth-order valence-electron chi connectivity index (χ4n) is 1.83. The van der Waals surface area contributed by atoms with Gasteiger partial charge in [-0.05, 0) is 55.0 Å². The number of aliphatic hydroxyl groups excluding tert-OH is 2. The molecular formula is C22H29BrO8. The minimum atomic E-state index is -0.398. The lowest BCUT2D eigenvalue weighted by Gasteiger charge is -2.05. The molecule has 0 bridgehead atoms. The van der Waals surface area contributed by atoms with Crippen molar-refractivity contribution in [2.24, 2.45) is 0 Å². The average molecular weight is 501 g/mol. The zero-order chi connectivity index (χ0) is 23.5. The molecule has 0 atom stereocenters. The molecule has 0 aliphatic rings. The number of benzene rings is 2. The molecule has 0 saturated carbocycles. The summed E-state index contributed by atoms with van der Waals surface area (Å²) in [4.78, 5) is 21.9. The minimum Gasteiger partial charge on any atom is -0.508 e. The van der Waals surface area contributed by atoms with Gasteiger partial charge in [-0.1, -0.05) is 15.9 Å². The van der Waals surface area contributed by atoms with Gasteiger partial charge >= 0.3 is 11.9 Å². The maximum absolute atomic E-state index is 11.1. The van der Waals surface area contributed by atoms with Gasteiger partial charge in [0.25, 0.3) is 0 Å². The summed E-state index contributed by atoms with van der Waals surface area (Å²) >= 11 is 3.15. The molecule has 0 radical (unpaired) electrons. The lowest BCUT2D eigenvalue weighted by atomic mass is 10.2. The molecule has 9 heteroatoms. The molecule has 0 spiro atoms. The van der Waals surface area contributed by atoms with Gasteiger partial charge in [-0.15, -0.1) is 0 Å². The maximum Gasteiger partial charge on any atom is 0.337 e. The van der Waals surface area contributed by atoms with Crippen LogP contribution in [0.1, 0.15) is 33.6 Å². The van der Waals surface area contributed by atoms with Crippen LogP contribution in [0.15, 0.2) is 48.5 Å². The molecule has 8 nitrogen and oxygen atoms in total. The van der Waals surface area contributed by atoms with Crippen molar-refractivity contribution in [3.05, 3.63) is 59.7 Å². The van der Waals surface area contributed by atoms with Crippen LogP contribution < -0.4 is 4.74 Å². The van der Waals surface area contributed by atoms with Crippen LogP contribution in [0.3, 0.4) is 0 Å². The number of phenols is 1. The second kappa shape index (κ2) is 18.2. The van der Waals surface area contributed by atoms with E-state index < -0.39 is 5.97 Å². The Morgan fingerprint density at radius 3 is 1.61 bits per heavy atom. The summed E-state index contributed by atoms with van der Waals surface area (Å²) in [5.74, 6) is 0.0515. The lowest BCUT2D eigenvalue weighted by molar-refractivity contribution is 0.0591. The van der Waals surface area contributed by atoms with E-state index in [1.165, 1.54) is 38.5 Å². The van der Waals surface area contributed by atoms with Crippen LogP contribution in [-0.2, 0) is 9.47 Å². The Kier molecular flexibility index (Phi) is 16.6. The van der Waals surface area contributed by atoms with Crippen LogP contribution in [0.4, 0.5) is 0 Å². The number of halogens is 1. The molecule has 0 saturated heterocycles. The molecule has 3 N–H and O–H groups in total. The van der Waals surface area contributed by atoms with Gasteiger partial charge in [-0.2, -0.15) is 0 Å². The van der Waals surface area contributed by atoms with Crippen molar-refractivity contribution in [3.63, 3.8) is 0 Å². The normalized spacial score (nSPS) is 9.32. The van der Waals surface area contributed by atoms with Gasteiger partial charge in [0, 0.05) is 25.0 Å². The van der Waals surface area contributed by atoms with Crippen molar-refractivity contribution in [1.29, 1.82) is 0 Å². The molecule has 2 aromatic carbocycles. The monoisotopic (exact) mass is 500 g/mol. The molecular weight excluding hydrogens is 472 g/mol. The Morgan fingerprint density at radius 2 is 1.26 bits per heavy atom. The summed E-state index contributed by atoms with van der Waals surface area (Å²) in [6.45, 7) is 0.875. The van der Waals surface area contributed by atoms with Crippen molar-refractivity contribution in [1.82, 2.24) is 0 Å². The number of hydrogen-bond donors (Lipinski definition) is 3. The third-order valence-corrected chi connectivity index (χ3v) is 3.99. The number of carbonyl (C=O) groups excluding carboxylic acids is 2. The molecule has 0 aromatic heterocycles. The van der Waals surface area contributed by atoms with Gasteiger partial charge in [0.1, 0.15) is 11.5 Å². The second-order valence-corrected chi connectivity index (χ2v) is 6.54. The molecule has 0 heterocycles. The van der Waals surface area contributed by atoms with Crippen molar-refractivity contribution in [2.75, 3.05) is 39.4 Å². The highest BCUT2D eigenvalue weighted by Gasteiger charge is 2.04. The van der Waals surface area contributed by atoms with Crippen LogP contribution in [0.25, 0.3) is 0 Å². The molecule has 0 aliphatic carbocycles. The summed E-state index contributed by atoms with van der Waals surface area (Å²) in [5, 5.41) is 26.4. The Balaban J connectivity index is 0.000000492. The Labute approximate surface area is 190 Å². The molecule has 0 fully saturated rings. The highest BCUT2D eigenvalue weighted by molar-refractivity contribution is 9.09. The topological polar surface area (TPSA) is 123 Å². The first-order valence-corrected chi connectivity index (χ1v) is 10.5. The number of alkyl halides is 1. The van der Waals surface area contributed by atoms with Crippen LogP contribution in [0.5, 0.6) is 11.5 Å². The Morgan fingerprint density at radius 1 is 0.806 bits per heavy atom. The Hall–Kier alpha value is -2.62. The number of methoxy groups -OCH3 is 2. The van der Waals surface area contributed by atoms with Crippen LogP contribution >= 0.6 is 15.9 Å². The van der Waals surface area contributed by atoms with Crippen LogP contribution in [0, 0.1) is 0 Å². The van der Waals surface area contributed by atoms with E-state index in [2.05, 4.69) is 25.4 Å². The third-order valence-electron chi connectivity index (χ3n) is 3.43. The van der Waals surface area contributed by atoms with Crippen molar-refractivity contribution in [2.45, 2.75) is 12.8 Å². The van der Waals surface area contributed by atoms with Crippen molar-refractivity contribution >= 4 is 27.9 Å². The van der Waals surface area contributed by atoms with E-state index >= 15 is 0 Å². The molecule has 0 unspecified atom stereocenters. The van der Waals surface area contributed by atoms with Gasteiger partial charge < -0.3 is 29.5 Å². The standard InChI is InChI=1S/C11H14O4.C8H8O3.C3H7BrO/c1-14-11(13)9-3-5-10(6-4-9)15-8-2-7-12;1-11-8(10)6-2-4-7(9)5-3-6;4-2-1-3-5/h3-6,12H,2,7-8H2,1H3;2-5,9H,1H3;5H,1-3H2. The SMILES string of the molecule is COC(=O)c1ccc(O)cc1.COC(=O)c1ccc(OCCCO)cc1.OCCCBr. The van der Waals surface area contributed by atoms with E-state index in [0.717, 1.165) is 11.8 Å². The summed E-state index contributed by atoms with van der Waals surface area (Å²) in [5.41, 5.74) is 0.928. The Bertz CT molecular complexity index is 730. The first kappa shape index (κ1) is 28.4. The lowest BCUT2D eigenvalue weighted by Crippen LogP contribution is -2.02. The van der Waals surface area contributed by atoms with Gasteiger partial charge in [0.15, 0.2) is 0 Å². The molecule has 2 aromatic rings. The molecule has 0 aliphatic heterocycles. The quantitative estimate of drug-likeness (QED) is 0.287. The first-order valence-electron chi connectivity index (χ1n) is 9.39. The fourth-order valence-corrected chi connectivity index (χ4v) is 2.09. The number of rotatable bonds is 8. The molecule has 31 heavy (non-hydrogen) atoms. The summed E-state index contributed by atoms with van der Waals surface area (Å²) in [6.07, 6.45) is 1.46. The maximum atomic E-state index is 11.1. The summed E-state index contributed by atoms with van der Waals surface area (Å²) in [6, 6.07) is 12.5. The number of aliphatic hydroxyl groups is 2. The second-order valence-electron chi connectivity index (χ2n) is 5.75. The number of aromatic hydroxyl groups is 1. The van der Waals surface area contributed by atoms with Gasteiger partial charge in [-0.3, -0.25) is 0 Å². The van der Waals surface area contributed by atoms with E-state index in [9.17, 15) is 9.59 Å². The van der Waals surface area contributed by atoms with Gasteiger partial charge in [0.05, 0.1) is 32.0 Å². The zero-order valence-corrected chi connectivity index (χ0v) is 19.2. The molecule has 2 rings (SSSR count). The van der Waals surface area contributed by atoms with E-state index in [1.807, 2.05) is 0 Å². The van der Waals surface area contributed by atoms with E-state index in [-0.39, 0.29) is 18.3 Å². The summed E-state index contributed by atoms with van der Waals surface area (Å²) in [7, 11) is 2.66. The molecule has 0 amide bonds. The minimum absolute atomic E-state index is 0.111. The number of esters is 2. The molecule has 172 valence electrons. The third kappa shape index (κ3) is 13.3. The summed E-state index contributed by atoms with van der Waals surface area (Å²) < 4.78 is 14.3. The average Bonchev–Trinajstić information content (AvgIpc) is 2.80. The predicted octanol–water partition coefficient (Wildman–Crippen LogP) is 3.18. The van der Waals surface area contributed by atoms with E-state index in [0.29, 0.717) is 36.5 Å².